The summed E-state index contributed by atoms with van der Waals surface area (Å²) in [5.41, 5.74) is 0.721. The van der Waals surface area contributed by atoms with Crippen molar-refractivity contribution >= 4 is 17.4 Å². The molecule has 1 unspecified atom stereocenters. The van der Waals surface area contributed by atoms with Crippen LogP contribution in [0.15, 0.2) is 48.7 Å². The van der Waals surface area contributed by atoms with Gasteiger partial charge in [0.2, 0.25) is 5.91 Å². The number of rotatable bonds is 6. The molecule has 25 heavy (non-hydrogen) atoms. The second kappa shape index (κ2) is 8.51. The quantitative estimate of drug-likeness (QED) is 0.871. The zero-order chi connectivity index (χ0) is 17.5. The molecule has 3 rings (SSSR count). The minimum atomic E-state index is -0.0722. The predicted molar refractivity (Wildman–Crippen MR) is 100 cm³/mol. The minimum Gasteiger partial charge on any atom is -0.493 e. The molecule has 1 aromatic heterocycles. The van der Waals surface area contributed by atoms with Gasteiger partial charge >= 0.3 is 0 Å². The fourth-order valence-corrected chi connectivity index (χ4v) is 3.05. The highest BCUT2D eigenvalue weighted by molar-refractivity contribution is 5.90. The number of piperidine rings is 1. The van der Waals surface area contributed by atoms with Crippen molar-refractivity contribution in [3.8, 4) is 5.75 Å². The monoisotopic (exact) mass is 339 g/mol. The van der Waals surface area contributed by atoms with Crippen molar-refractivity contribution in [2.75, 3.05) is 29.9 Å². The Morgan fingerprint density at radius 1 is 1.28 bits per heavy atom. The number of para-hydroxylation sites is 1. The van der Waals surface area contributed by atoms with Crippen LogP contribution in [-0.2, 0) is 4.79 Å². The van der Waals surface area contributed by atoms with Crippen LogP contribution in [-0.4, -0.2) is 30.6 Å². The normalized spacial score (nSPS) is 17.2. The highest BCUT2D eigenvalue weighted by atomic mass is 16.5. The first-order valence-electron chi connectivity index (χ1n) is 8.89. The summed E-state index contributed by atoms with van der Waals surface area (Å²) in [5.74, 6) is 2.39. The molecule has 0 aliphatic carbocycles. The lowest BCUT2D eigenvalue weighted by Crippen LogP contribution is -2.34. The molecule has 1 atom stereocenters. The van der Waals surface area contributed by atoms with Gasteiger partial charge in [0.05, 0.1) is 24.9 Å². The number of carbonyl (C=O) groups is 1. The van der Waals surface area contributed by atoms with Crippen molar-refractivity contribution in [3.63, 3.8) is 0 Å². The van der Waals surface area contributed by atoms with Crippen LogP contribution >= 0.6 is 0 Å². The Balaban J connectivity index is 1.45. The van der Waals surface area contributed by atoms with E-state index in [1.165, 1.54) is 12.8 Å². The van der Waals surface area contributed by atoms with E-state index in [-0.39, 0.29) is 5.91 Å². The molecule has 132 valence electrons. The summed E-state index contributed by atoms with van der Waals surface area (Å²) in [6, 6.07) is 13.4. The van der Waals surface area contributed by atoms with Crippen LogP contribution in [0.1, 0.15) is 26.2 Å². The van der Waals surface area contributed by atoms with Crippen LogP contribution in [0.25, 0.3) is 0 Å². The lowest BCUT2D eigenvalue weighted by molar-refractivity contribution is -0.116. The molecule has 1 saturated heterocycles. The van der Waals surface area contributed by atoms with Crippen molar-refractivity contribution < 1.29 is 9.53 Å². The third kappa shape index (κ3) is 5.21. The van der Waals surface area contributed by atoms with Crippen molar-refractivity contribution in [1.29, 1.82) is 0 Å². The van der Waals surface area contributed by atoms with Gasteiger partial charge in [-0.25, -0.2) is 4.98 Å². The van der Waals surface area contributed by atoms with Gasteiger partial charge in [0, 0.05) is 13.1 Å². The molecule has 1 aliphatic heterocycles. The van der Waals surface area contributed by atoms with Gasteiger partial charge in [0.25, 0.3) is 0 Å². The average Bonchev–Trinajstić information content (AvgIpc) is 2.63. The Labute approximate surface area is 149 Å². The van der Waals surface area contributed by atoms with Crippen LogP contribution in [0.2, 0.25) is 0 Å². The molecule has 5 heteroatoms. The summed E-state index contributed by atoms with van der Waals surface area (Å²) in [7, 11) is 0. The van der Waals surface area contributed by atoms with E-state index in [2.05, 4.69) is 22.1 Å². The second-order valence-electron chi connectivity index (χ2n) is 6.56. The number of ether oxygens (including phenoxy) is 1. The van der Waals surface area contributed by atoms with Crippen molar-refractivity contribution in [1.82, 2.24) is 4.98 Å². The first-order chi connectivity index (χ1) is 12.2. The SMILES string of the molecule is CC1CCCN(c2ccc(NC(=O)CCOc3ccccc3)cn2)C1. The van der Waals surface area contributed by atoms with Crippen molar-refractivity contribution in [3.05, 3.63) is 48.7 Å². The molecule has 1 fully saturated rings. The standard InChI is InChI=1S/C20H25N3O2/c1-16-6-5-12-23(15-16)19-10-9-17(14-21-19)22-20(24)11-13-25-18-7-3-2-4-8-18/h2-4,7-10,14,16H,5-6,11-13,15H2,1H3,(H,22,24). The van der Waals surface area contributed by atoms with Gasteiger partial charge in [-0.05, 0) is 43.0 Å². The van der Waals surface area contributed by atoms with Crippen LogP contribution in [0.5, 0.6) is 5.75 Å². The number of hydrogen-bond acceptors (Lipinski definition) is 4. The van der Waals surface area contributed by atoms with Crippen LogP contribution in [0, 0.1) is 5.92 Å². The molecule has 0 spiro atoms. The maximum Gasteiger partial charge on any atom is 0.227 e. The molecule has 1 aliphatic rings. The fraction of sp³-hybridized carbons (Fsp3) is 0.400. The number of hydrogen-bond donors (Lipinski definition) is 1. The van der Waals surface area contributed by atoms with E-state index in [9.17, 15) is 4.79 Å². The highest BCUT2D eigenvalue weighted by Crippen LogP contribution is 2.22. The fourth-order valence-electron chi connectivity index (χ4n) is 3.05. The lowest BCUT2D eigenvalue weighted by atomic mass is 10.0. The van der Waals surface area contributed by atoms with E-state index < -0.39 is 0 Å². The van der Waals surface area contributed by atoms with Crippen LogP contribution < -0.4 is 15.0 Å². The minimum absolute atomic E-state index is 0.0722. The first kappa shape index (κ1) is 17.3. The molecule has 1 amide bonds. The summed E-state index contributed by atoms with van der Waals surface area (Å²) >= 11 is 0. The third-order valence-electron chi connectivity index (χ3n) is 4.35. The van der Waals surface area contributed by atoms with Crippen molar-refractivity contribution in [2.24, 2.45) is 5.92 Å². The number of benzene rings is 1. The number of aromatic nitrogens is 1. The van der Waals surface area contributed by atoms with Gasteiger partial charge in [-0.3, -0.25) is 4.79 Å². The predicted octanol–water partition coefficient (Wildman–Crippen LogP) is 3.73. The molecular formula is C20H25N3O2. The average molecular weight is 339 g/mol. The smallest absolute Gasteiger partial charge is 0.227 e. The highest BCUT2D eigenvalue weighted by Gasteiger charge is 2.17. The molecule has 5 nitrogen and oxygen atoms in total. The zero-order valence-electron chi connectivity index (χ0n) is 14.6. The lowest BCUT2D eigenvalue weighted by Gasteiger charge is -2.31. The summed E-state index contributed by atoms with van der Waals surface area (Å²) in [4.78, 5) is 18.8. The summed E-state index contributed by atoms with van der Waals surface area (Å²) < 4.78 is 5.54. The summed E-state index contributed by atoms with van der Waals surface area (Å²) in [6.07, 6.45) is 4.53. The molecular weight excluding hydrogens is 314 g/mol. The molecule has 0 bridgehead atoms. The maximum absolute atomic E-state index is 12.0. The summed E-state index contributed by atoms with van der Waals surface area (Å²) in [6.45, 7) is 4.74. The van der Waals surface area contributed by atoms with E-state index in [1.807, 2.05) is 42.5 Å². The Hall–Kier alpha value is -2.56. The second-order valence-corrected chi connectivity index (χ2v) is 6.56. The van der Waals surface area contributed by atoms with Gasteiger partial charge in [0.1, 0.15) is 11.6 Å². The molecule has 0 radical (unpaired) electrons. The number of pyridine rings is 1. The topological polar surface area (TPSA) is 54.5 Å². The molecule has 1 N–H and O–H groups in total. The summed E-state index contributed by atoms with van der Waals surface area (Å²) in [5, 5.41) is 2.87. The van der Waals surface area contributed by atoms with E-state index in [4.69, 9.17) is 4.74 Å². The van der Waals surface area contributed by atoms with Gasteiger partial charge in [-0.2, -0.15) is 0 Å². The van der Waals surface area contributed by atoms with Crippen LogP contribution in [0.4, 0.5) is 11.5 Å². The van der Waals surface area contributed by atoms with Gasteiger partial charge in [-0.15, -0.1) is 0 Å². The molecule has 2 aromatic rings. The van der Waals surface area contributed by atoms with E-state index in [1.54, 1.807) is 6.20 Å². The Morgan fingerprint density at radius 3 is 2.84 bits per heavy atom. The first-order valence-corrected chi connectivity index (χ1v) is 8.89. The number of amides is 1. The Morgan fingerprint density at radius 2 is 2.12 bits per heavy atom. The number of nitrogens with one attached hydrogen (secondary N) is 1. The third-order valence-corrected chi connectivity index (χ3v) is 4.35. The Bertz CT molecular complexity index is 673. The number of carbonyl (C=O) groups excluding carboxylic acids is 1. The van der Waals surface area contributed by atoms with E-state index in [0.717, 1.165) is 30.3 Å². The van der Waals surface area contributed by atoms with Crippen LogP contribution in [0.3, 0.4) is 0 Å². The largest absolute Gasteiger partial charge is 0.493 e. The van der Waals surface area contributed by atoms with Gasteiger partial charge < -0.3 is 15.0 Å². The van der Waals surface area contributed by atoms with E-state index in [0.29, 0.717) is 18.9 Å². The van der Waals surface area contributed by atoms with Crippen molar-refractivity contribution in [2.45, 2.75) is 26.2 Å². The molecule has 2 heterocycles. The van der Waals surface area contributed by atoms with E-state index >= 15 is 0 Å². The maximum atomic E-state index is 12.0. The van der Waals surface area contributed by atoms with Gasteiger partial charge in [0.15, 0.2) is 0 Å². The molecule has 0 saturated carbocycles. The zero-order valence-corrected chi connectivity index (χ0v) is 14.6. The Kier molecular flexibility index (Phi) is 5.88. The van der Waals surface area contributed by atoms with Gasteiger partial charge in [-0.1, -0.05) is 25.1 Å². The number of anilines is 2. The molecule has 1 aromatic carbocycles. The number of nitrogens with zero attached hydrogens (tertiary/aromatic N) is 2.